The largest absolute Gasteiger partial charge is 0.507 e. The monoisotopic (exact) mass is 412 g/mol. The predicted octanol–water partition coefficient (Wildman–Crippen LogP) is 4.61. The molecule has 6 nitrogen and oxygen atoms in total. The molecule has 1 aliphatic rings. The summed E-state index contributed by atoms with van der Waals surface area (Å²) in [6.07, 6.45) is 0.311. The Kier molecular flexibility index (Phi) is 5.22. The molecule has 4 rings (SSSR count). The Morgan fingerprint density at radius 1 is 1.17 bits per heavy atom. The van der Waals surface area contributed by atoms with Crippen molar-refractivity contribution >= 4 is 11.4 Å². The fraction of sp³-hybridized carbons (Fsp3) is 0.182. The first kappa shape index (κ1) is 19.6. The van der Waals surface area contributed by atoms with Crippen molar-refractivity contribution in [1.29, 1.82) is 0 Å². The first-order chi connectivity index (χ1) is 14.4. The van der Waals surface area contributed by atoms with Crippen LogP contribution in [0, 0.1) is 6.92 Å². The number of ether oxygens (including phenoxy) is 1. The summed E-state index contributed by atoms with van der Waals surface area (Å²) < 4.78 is 34.4. The topological polar surface area (TPSA) is 75.3 Å². The third-order valence-electron chi connectivity index (χ3n) is 4.76. The van der Waals surface area contributed by atoms with Gasteiger partial charge in [-0.15, -0.1) is 0 Å². The summed E-state index contributed by atoms with van der Waals surface area (Å²) in [4.78, 5) is 12.4. The smallest absolute Gasteiger partial charge is 0.387 e. The van der Waals surface area contributed by atoms with Crippen LogP contribution in [0.2, 0.25) is 0 Å². The number of rotatable bonds is 5. The SMILES string of the molecule is Cc1cc(O)c(C2=NN(c3ccccc3)C(c3ccc(OC(F)F)cc3)C2)c(=O)o1. The van der Waals surface area contributed by atoms with Crippen LogP contribution in [0.15, 0.2) is 75.0 Å². The minimum atomic E-state index is -2.90. The lowest BCUT2D eigenvalue weighted by molar-refractivity contribution is -0.0498. The molecular formula is C22H18F2N2O4. The molecule has 0 saturated heterocycles. The number of alkyl halides is 2. The first-order valence-electron chi connectivity index (χ1n) is 9.23. The van der Waals surface area contributed by atoms with Crippen molar-refractivity contribution in [3.63, 3.8) is 0 Å². The summed E-state index contributed by atoms with van der Waals surface area (Å²) >= 11 is 0. The van der Waals surface area contributed by atoms with Crippen molar-refractivity contribution < 1.29 is 23.0 Å². The number of anilines is 1. The molecule has 0 saturated carbocycles. The third kappa shape index (κ3) is 3.89. The molecule has 1 aliphatic heterocycles. The molecule has 1 aromatic heterocycles. The molecule has 3 aromatic rings. The van der Waals surface area contributed by atoms with Crippen LogP contribution < -0.4 is 15.4 Å². The lowest BCUT2D eigenvalue weighted by Crippen LogP contribution is -2.18. The molecular weight excluding hydrogens is 394 g/mol. The average molecular weight is 412 g/mol. The van der Waals surface area contributed by atoms with E-state index in [1.807, 2.05) is 30.3 Å². The molecule has 0 fully saturated rings. The van der Waals surface area contributed by atoms with Crippen LogP contribution in [-0.4, -0.2) is 17.4 Å². The molecule has 8 heteroatoms. The maximum absolute atomic E-state index is 12.4. The van der Waals surface area contributed by atoms with Crippen molar-refractivity contribution in [1.82, 2.24) is 0 Å². The second kappa shape index (κ2) is 7.98. The molecule has 2 aromatic carbocycles. The number of hydrogen-bond acceptors (Lipinski definition) is 6. The quantitative estimate of drug-likeness (QED) is 0.662. The molecule has 1 N–H and O–H groups in total. The Hall–Kier alpha value is -3.68. The van der Waals surface area contributed by atoms with Gasteiger partial charge < -0.3 is 14.3 Å². The van der Waals surface area contributed by atoms with Gasteiger partial charge in [-0.3, -0.25) is 5.01 Å². The molecule has 0 bridgehead atoms. The van der Waals surface area contributed by atoms with E-state index < -0.39 is 12.2 Å². The summed E-state index contributed by atoms with van der Waals surface area (Å²) in [6.45, 7) is -1.33. The van der Waals surface area contributed by atoms with E-state index in [4.69, 9.17) is 4.42 Å². The van der Waals surface area contributed by atoms with Crippen LogP contribution in [0.3, 0.4) is 0 Å². The van der Waals surface area contributed by atoms with Crippen LogP contribution in [0.1, 0.15) is 29.3 Å². The van der Waals surface area contributed by atoms with Crippen molar-refractivity contribution in [2.24, 2.45) is 5.10 Å². The molecule has 30 heavy (non-hydrogen) atoms. The van der Waals surface area contributed by atoms with Crippen LogP contribution in [0.25, 0.3) is 0 Å². The van der Waals surface area contributed by atoms with Gasteiger partial charge in [-0.1, -0.05) is 30.3 Å². The van der Waals surface area contributed by atoms with Gasteiger partial charge in [0.2, 0.25) is 0 Å². The summed E-state index contributed by atoms with van der Waals surface area (Å²) in [7, 11) is 0. The van der Waals surface area contributed by atoms with Gasteiger partial charge in [0.1, 0.15) is 22.8 Å². The second-order valence-corrected chi connectivity index (χ2v) is 6.80. The number of benzene rings is 2. The number of aromatic hydroxyl groups is 1. The fourth-order valence-corrected chi connectivity index (χ4v) is 3.47. The van der Waals surface area contributed by atoms with E-state index >= 15 is 0 Å². The van der Waals surface area contributed by atoms with Crippen molar-refractivity contribution in [3.05, 3.63) is 88.0 Å². The number of aryl methyl sites for hydroxylation is 1. The maximum atomic E-state index is 12.4. The molecule has 0 spiro atoms. The van der Waals surface area contributed by atoms with Gasteiger partial charge >= 0.3 is 12.2 Å². The molecule has 2 heterocycles. The number of para-hydroxylation sites is 1. The minimum absolute atomic E-state index is 0.0154. The lowest BCUT2D eigenvalue weighted by Gasteiger charge is -2.24. The van der Waals surface area contributed by atoms with Crippen LogP contribution in [-0.2, 0) is 0 Å². The van der Waals surface area contributed by atoms with E-state index in [-0.39, 0.29) is 23.1 Å². The minimum Gasteiger partial charge on any atom is -0.507 e. The number of halogens is 2. The zero-order valence-corrected chi connectivity index (χ0v) is 16.0. The van der Waals surface area contributed by atoms with Crippen molar-refractivity contribution in [3.8, 4) is 11.5 Å². The van der Waals surface area contributed by atoms with Crippen LogP contribution in [0.5, 0.6) is 11.5 Å². The van der Waals surface area contributed by atoms with E-state index in [9.17, 15) is 18.7 Å². The highest BCUT2D eigenvalue weighted by molar-refractivity contribution is 6.04. The van der Waals surface area contributed by atoms with Crippen LogP contribution >= 0.6 is 0 Å². The molecule has 1 unspecified atom stereocenters. The van der Waals surface area contributed by atoms with Gasteiger partial charge in [-0.2, -0.15) is 13.9 Å². The highest BCUT2D eigenvalue weighted by atomic mass is 19.3. The molecule has 154 valence electrons. The average Bonchev–Trinajstić information content (AvgIpc) is 3.13. The van der Waals surface area contributed by atoms with Gasteiger partial charge in [0, 0.05) is 12.5 Å². The van der Waals surface area contributed by atoms with Gasteiger partial charge in [-0.25, -0.2) is 4.79 Å². The Labute approximate surface area is 170 Å². The summed E-state index contributed by atoms with van der Waals surface area (Å²) in [6, 6.07) is 16.6. The molecule has 1 atom stereocenters. The van der Waals surface area contributed by atoms with Crippen molar-refractivity contribution in [2.45, 2.75) is 26.0 Å². The fourth-order valence-electron chi connectivity index (χ4n) is 3.47. The Balaban J connectivity index is 1.73. The zero-order chi connectivity index (χ0) is 21.3. The van der Waals surface area contributed by atoms with E-state index in [2.05, 4.69) is 9.84 Å². The summed E-state index contributed by atoms with van der Waals surface area (Å²) in [5.41, 5.74) is 1.29. The summed E-state index contributed by atoms with van der Waals surface area (Å²) in [5, 5.41) is 16.6. The van der Waals surface area contributed by atoms with Gasteiger partial charge in [-0.05, 0) is 36.8 Å². The van der Waals surface area contributed by atoms with E-state index in [1.165, 1.54) is 18.2 Å². The maximum Gasteiger partial charge on any atom is 0.387 e. The van der Waals surface area contributed by atoms with Gasteiger partial charge in [0.15, 0.2) is 0 Å². The standard InChI is InChI=1S/C22H18F2N2O4/c1-13-11-19(27)20(21(28)29-13)17-12-18(26(25-17)15-5-3-2-4-6-15)14-7-9-16(10-8-14)30-22(23)24/h2-11,18,22,27H,12H2,1H3. The number of hydrogen-bond donors (Lipinski definition) is 1. The lowest BCUT2D eigenvalue weighted by atomic mass is 9.98. The molecule has 0 aliphatic carbocycles. The zero-order valence-electron chi connectivity index (χ0n) is 16.0. The van der Waals surface area contributed by atoms with E-state index in [1.54, 1.807) is 24.1 Å². The molecule has 0 amide bonds. The second-order valence-electron chi connectivity index (χ2n) is 6.80. The highest BCUT2D eigenvalue weighted by Crippen LogP contribution is 2.37. The van der Waals surface area contributed by atoms with Crippen molar-refractivity contribution in [2.75, 3.05) is 5.01 Å². The predicted molar refractivity (Wildman–Crippen MR) is 107 cm³/mol. The van der Waals surface area contributed by atoms with E-state index in [0.717, 1.165) is 11.3 Å². The Morgan fingerprint density at radius 2 is 1.87 bits per heavy atom. The molecule has 0 radical (unpaired) electrons. The van der Waals surface area contributed by atoms with Gasteiger partial charge in [0.25, 0.3) is 0 Å². The first-order valence-corrected chi connectivity index (χ1v) is 9.23. The van der Waals surface area contributed by atoms with Gasteiger partial charge in [0.05, 0.1) is 17.4 Å². The Morgan fingerprint density at radius 3 is 2.50 bits per heavy atom. The number of hydrazone groups is 1. The number of nitrogens with zero attached hydrogens (tertiary/aromatic N) is 2. The van der Waals surface area contributed by atoms with E-state index in [0.29, 0.717) is 17.9 Å². The summed E-state index contributed by atoms with van der Waals surface area (Å²) in [5.74, 6) is 0.152. The third-order valence-corrected chi connectivity index (χ3v) is 4.76. The Bertz CT molecular complexity index is 1130. The normalized spacial score (nSPS) is 16.1. The highest BCUT2D eigenvalue weighted by Gasteiger charge is 2.32. The van der Waals surface area contributed by atoms with Crippen LogP contribution in [0.4, 0.5) is 14.5 Å².